The topological polar surface area (TPSA) is 58.8 Å². The van der Waals surface area contributed by atoms with E-state index in [4.69, 9.17) is 5.26 Å². The molecule has 0 aliphatic carbocycles. The van der Waals surface area contributed by atoms with Gasteiger partial charge in [-0.3, -0.25) is 0 Å². The third-order valence-electron chi connectivity index (χ3n) is 2.21. The van der Waals surface area contributed by atoms with Crippen LogP contribution < -0.4 is 4.74 Å². The summed E-state index contributed by atoms with van der Waals surface area (Å²) in [6.07, 6.45) is -2.29. The number of hydrogen-bond acceptors (Lipinski definition) is 4. The lowest BCUT2D eigenvalue weighted by Gasteiger charge is -2.14. The first kappa shape index (κ1) is 12.8. The number of hydrogen-bond donors (Lipinski definition) is 0. The van der Waals surface area contributed by atoms with Crippen molar-refractivity contribution in [2.45, 2.75) is 6.36 Å². The number of para-hydroxylation sites is 1. The van der Waals surface area contributed by atoms with Crippen LogP contribution in [0.5, 0.6) is 5.75 Å². The molecule has 1 heterocycles. The quantitative estimate of drug-likeness (QED) is 0.837. The normalized spacial score (nSPS) is 10.8. The summed E-state index contributed by atoms with van der Waals surface area (Å²) in [5.41, 5.74) is 0.110. The highest BCUT2D eigenvalue weighted by molar-refractivity contribution is 5.70. The number of ether oxygens (including phenoxy) is 1. The van der Waals surface area contributed by atoms with E-state index in [1.54, 1.807) is 6.07 Å². The summed E-state index contributed by atoms with van der Waals surface area (Å²) >= 11 is 0. The molecule has 0 saturated heterocycles. The minimum absolute atomic E-state index is 0.0822. The van der Waals surface area contributed by atoms with E-state index in [2.05, 4.69) is 14.7 Å². The maximum Gasteiger partial charge on any atom is 0.573 e. The summed E-state index contributed by atoms with van der Waals surface area (Å²) in [6.45, 7) is 0. The van der Waals surface area contributed by atoms with Gasteiger partial charge in [0.05, 0.1) is 11.3 Å². The second-order valence-corrected chi connectivity index (χ2v) is 3.44. The molecule has 7 heteroatoms. The van der Waals surface area contributed by atoms with Gasteiger partial charge in [-0.2, -0.15) is 5.26 Å². The fourth-order valence-electron chi connectivity index (χ4n) is 1.50. The van der Waals surface area contributed by atoms with E-state index in [9.17, 15) is 13.2 Å². The molecule has 1 aromatic carbocycles. The van der Waals surface area contributed by atoms with E-state index in [1.165, 1.54) is 36.8 Å². The molecule has 4 nitrogen and oxygen atoms in total. The molecule has 0 aliphatic heterocycles. The molecule has 0 bridgehead atoms. The molecular formula is C12H6F3N3O. The second-order valence-electron chi connectivity index (χ2n) is 3.44. The summed E-state index contributed by atoms with van der Waals surface area (Å²) in [6, 6.07) is 7.18. The maximum absolute atomic E-state index is 12.4. The lowest BCUT2D eigenvalue weighted by atomic mass is 10.1. The van der Waals surface area contributed by atoms with Crippen molar-refractivity contribution in [3.8, 4) is 23.1 Å². The van der Waals surface area contributed by atoms with E-state index in [0.717, 1.165) is 0 Å². The van der Waals surface area contributed by atoms with Crippen LogP contribution in [-0.2, 0) is 0 Å². The second kappa shape index (κ2) is 4.94. The zero-order chi connectivity index (χ0) is 13.9. The molecular weight excluding hydrogens is 259 g/mol. The fourth-order valence-corrected chi connectivity index (χ4v) is 1.50. The Labute approximate surface area is 106 Å². The summed E-state index contributed by atoms with van der Waals surface area (Å²) < 4.78 is 41.1. The number of rotatable bonds is 2. The van der Waals surface area contributed by atoms with Crippen molar-refractivity contribution in [3.63, 3.8) is 0 Å². The van der Waals surface area contributed by atoms with Crippen LogP contribution in [0.15, 0.2) is 36.8 Å². The molecule has 2 aromatic rings. The van der Waals surface area contributed by atoms with Crippen LogP contribution in [0.1, 0.15) is 5.56 Å². The van der Waals surface area contributed by atoms with E-state index in [-0.39, 0.29) is 16.8 Å². The highest BCUT2D eigenvalue weighted by atomic mass is 19.4. The maximum atomic E-state index is 12.4. The Morgan fingerprint density at radius 1 is 1.21 bits per heavy atom. The van der Waals surface area contributed by atoms with Crippen LogP contribution in [0.25, 0.3) is 11.3 Å². The van der Waals surface area contributed by atoms with E-state index < -0.39 is 12.1 Å². The van der Waals surface area contributed by atoms with E-state index >= 15 is 0 Å². The molecule has 0 fully saturated rings. The van der Waals surface area contributed by atoms with Gasteiger partial charge in [0.2, 0.25) is 0 Å². The molecule has 0 saturated carbocycles. The van der Waals surface area contributed by atoms with Crippen molar-refractivity contribution in [1.82, 2.24) is 9.97 Å². The van der Waals surface area contributed by atoms with Gasteiger partial charge in [-0.15, -0.1) is 13.2 Å². The lowest BCUT2D eigenvalue weighted by Crippen LogP contribution is -2.18. The molecule has 1 aromatic heterocycles. The van der Waals surface area contributed by atoms with Crippen molar-refractivity contribution in [2.75, 3.05) is 0 Å². The Balaban J connectivity index is 2.59. The first-order chi connectivity index (χ1) is 9.01. The van der Waals surface area contributed by atoms with Crippen molar-refractivity contribution < 1.29 is 17.9 Å². The molecule has 19 heavy (non-hydrogen) atoms. The Kier molecular flexibility index (Phi) is 3.33. The summed E-state index contributed by atoms with van der Waals surface area (Å²) in [4.78, 5) is 7.53. The van der Waals surface area contributed by atoms with E-state index in [0.29, 0.717) is 0 Å². The highest BCUT2D eigenvalue weighted by Crippen LogP contribution is 2.35. The van der Waals surface area contributed by atoms with Gasteiger partial charge in [0.25, 0.3) is 0 Å². The van der Waals surface area contributed by atoms with Gasteiger partial charge in [-0.1, -0.05) is 6.07 Å². The largest absolute Gasteiger partial charge is 0.573 e. The Morgan fingerprint density at radius 3 is 2.58 bits per heavy atom. The molecule has 0 aliphatic rings. The van der Waals surface area contributed by atoms with Gasteiger partial charge >= 0.3 is 6.36 Å². The summed E-state index contributed by atoms with van der Waals surface area (Å²) in [5.74, 6) is -0.559. The van der Waals surface area contributed by atoms with Crippen molar-refractivity contribution in [1.29, 1.82) is 5.26 Å². The lowest BCUT2D eigenvalue weighted by molar-refractivity contribution is -0.274. The molecule has 96 valence electrons. The minimum atomic E-state index is -4.88. The van der Waals surface area contributed by atoms with Gasteiger partial charge in [-0.05, 0) is 18.2 Å². The SMILES string of the molecule is N#Cc1cccc(-c2ccncn2)c1OC(F)(F)F. The molecule has 0 radical (unpaired) electrons. The van der Waals surface area contributed by atoms with Gasteiger partial charge < -0.3 is 4.74 Å². The van der Waals surface area contributed by atoms with Gasteiger partial charge in [0, 0.05) is 11.8 Å². The Morgan fingerprint density at radius 2 is 2.00 bits per heavy atom. The first-order valence-corrected chi connectivity index (χ1v) is 5.06. The Hall–Kier alpha value is -2.62. The monoisotopic (exact) mass is 265 g/mol. The van der Waals surface area contributed by atoms with Crippen molar-refractivity contribution in [2.24, 2.45) is 0 Å². The third kappa shape index (κ3) is 2.98. The van der Waals surface area contributed by atoms with Crippen LogP contribution in [-0.4, -0.2) is 16.3 Å². The van der Waals surface area contributed by atoms with Gasteiger partial charge in [0.1, 0.15) is 12.4 Å². The minimum Gasteiger partial charge on any atom is -0.404 e. The first-order valence-electron chi connectivity index (χ1n) is 5.06. The smallest absolute Gasteiger partial charge is 0.404 e. The molecule has 2 rings (SSSR count). The molecule has 0 spiro atoms. The van der Waals surface area contributed by atoms with Crippen LogP contribution in [0.3, 0.4) is 0 Å². The van der Waals surface area contributed by atoms with Crippen LogP contribution in [0, 0.1) is 11.3 Å². The van der Waals surface area contributed by atoms with E-state index in [1.807, 2.05) is 0 Å². The zero-order valence-corrected chi connectivity index (χ0v) is 9.35. The van der Waals surface area contributed by atoms with Crippen molar-refractivity contribution in [3.05, 3.63) is 42.4 Å². The molecule has 0 unspecified atom stereocenters. The third-order valence-corrected chi connectivity index (χ3v) is 2.21. The number of aromatic nitrogens is 2. The predicted molar refractivity (Wildman–Crippen MR) is 58.9 cm³/mol. The molecule has 0 amide bonds. The highest BCUT2D eigenvalue weighted by Gasteiger charge is 2.33. The zero-order valence-electron chi connectivity index (χ0n) is 9.35. The van der Waals surface area contributed by atoms with Gasteiger partial charge in [-0.25, -0.2) is 9.97 Å². The average Bonchev–Trinajstić information content (AvgIpc) is 2.38. The van der Waals surface area contributed by atoms with Gasteiger partial charge in [0.15, 0.2) is 5.75 Å². The standard InChI is InChI=1S/C12H6F3N3O/c13-12(14,15)19-11-8(6-16)2-1-3-9(11)10-4-5-17-7-18-10/h1-5,7H. The summed E-state index contributed by atoms with van der Waals surface area (Å²) in [5, 5.41) is 8.86. The summed E-state index contributed by atoms with van der Waals surface area (Å²) in [7, 11) is 0. The number of nitrogens with zero attached hydrogens (tertiary/aromatic N) is 3. The van der Waals surface area contributed by atoms with Crippen molar-refractivity contribution >= 4 is 0 Å². The average molecular weight is 265 g/mol. The fraction of sp³-hybridized carbons (Fsp3) is 0.0833. The van der Waals surface area contributed by atoms with Crippen LogP contribution in [0.4, 0.5) is 13.2 Å². The number of halogens is 3. The van der Waals surface area contributed by atoms with Crippen LogP contribution >= 0.6 is 0 Å². The number of alkyl halides is 3. The van der Waals surface area contributed by atoms with Crippen LogP contribution in [0.2, 0.25) is 0 Å². The number of nitriles is 1. The number of benzene rings is 1. The molecule has 0 atom stereocenters. The molecule has 0 N–H and O–H groups in total. The predicted octanol–water partition coefficient (Wildman–Crippen LogP) is 2.91. The Bertz CT molecular complexity index is 620.